The van der Waals surface area contributed by atoms with Gasteiger partial charge in [0.1, 0.15) is 4.75 Å². The molecule has 4 nitrogen and oxygen atoms in total. The molecule has 0 radical (unpaired) electrons. The molecule has 13 heavy (non-hydrogen) atoms. The van der Waals surface area contributed by atoms with Crippen LogP contribution in [0.5, 0.6) is 0 Å². The predicted molar refractivity (Wildman–Crippen MR) is 48.7 cm³/mol. The van der Waals surface area contributed by atoms with Gasteiger partial charge in [0.15, 0.2) is 0 Å². The smallest absolute Gasteiger partial charge is 0.272 e. The largest absolute Gasteiger partial charge is 0.323 e. The van der Waals surface area contributed by atoms with Crippen LogP contribution in [0.3, 0.4) is 0 Å². The molecule has 3 N–H and O–H groups in total. The molecule has 0 aromatic rings. The summed E-state index contributed by atoms with van der Waals surface area (Å²) in [6, 6.07) is 0. The molecule has 5 heteroatoms. The lowest BCUT2D eigenvalue weighted by Gasteiger charge is -2.20. The number of rotatable bonds is 3. The first kappa shape index (κ1) is 9.18. The summed E-state index contributed by atoms with van der Waals surface area (Å²) in [7, 11) is -4.00. The van der Waals surface area contributed by atoms with Crippen molar-refractivity contribution in [2.24, 2.45) is 11.7 Å². The Morgan fingerprint density at radius 1 is 1.54 bits per heavy atom. The summed E-state index contributed by atoms with van der Waals surface area (Å²) < 4.78 is 30.2. The first-order valence-electron chi connectivity index (χ1n) is 4.26. The van der Waals surface area contributed by atoms with Gasteiger partial charge in [0.25, 0.3) is 10.1 Å². The molecule has 2 rings (SSSR count). The molecule has 0 aromatic carbocycles. The van der Waals surface area contributed by atoms with E-state index in [4.69, 9.17) is 10.3 Å². The van der Waals surface area contributed by atoms with Crippen molar-refractivity contribution >= 4 is 10.1 Å². The second kappa shape index (κ2) is 2.16. The fourth-order valence-corrected chi connectivity index (χ4v) is 3.53. The van der Waals surface area contributed by atoms with Gasteiger partial charge >= 0.3 is 0 Å². The minimum Gasteiger partial charge on any atom is -0.323 e. The zero-order chi connectivity index (χ0) is 9.91. The molecule has 0 aromatic heterocycles. The summed E-state index contributed by atoms with van der Waals surface area (Å²) in [6.45, 7) is 3.59. The fourth-order valence-electron chi connectivity index (χ4n) is 2.20. The summed E-state index contributed by atoms with van der Waals surface area (Å²) in [6.07, 6.45) is 3.25. The van der Waals surface area contributed by atoms with Crippen molar-refractivity contribution in [2.45, 2.75) is 29.5 Å². The van der Waals surface area contributed by atoms with Crippen molar-refractivity contribution in [3.05, 3.63) is 12.7 Å². The molecule has 0 amide bonds. The lowest BCUT2D eigenvalue weighted by Crippen LogP contribution is -2.46. The molecule has 0 heterocycles. The minimum absolute atomic E-state index is 0.0388. The van der Waals surface area contributed by atoms with E-state index in [9.17, 15) is 8.42 Å². The van der Waals surface area contributed by atoms with Crippen LogP contribution in [0.1, 0.15) is 19.3 Å². The zero-order valence-corrected chi connectivity index (χ0v) is 8.05. The van der Waals surface area contributed by atoms with Gasteiger partial charge in [0.05, 0.1) is 0 Å². The van der Waals surface area contributed by atoms with Crippen molar-refractivity contribution in [2.75, 3.05) is 0 Å². The normalized spacial score (nSPS) is 41.2. The van der Waals surface area contributed by atoms with Crippen LogP contribution in [0.25, 0.3) is 0 Å². The van der Waals surface area contributed by atoms with E-state index < -0.39 is 20.4 Å². The molecule has 0 bridgehead atoms. The minimum atomic E-state index is -4.00. The average molecular weight is 203 g/mol. The molecule has 2 atom stereocenters. The van der Waals surface area contributed by atoms with E-state index >= 15 is 0 Å². The Balaban J connectivity index is 2.33. The van der Waals surface area contributed by atoms with Gasteiger partial charge in [0.2, 0.25) is 0 Å². The third-order valence-corrected chi connectivity index (χ3v) is 5.17. The van der Waals surface area contributed by atoms with Crippen molar-refractivity contribution in [1.82, 2.24) is 0 Å². The monoisotopic (exact) mass is 203 g/mol. The third-order valence-electron chi connectivity index (χ3n) is 3.39. The summed E-state index contributed by atoms with van der Waals surface area (Å²) in [5.74, 6) is 0.0388. The number of hydrogen-bond donors (Lipinski definition) is 2. The Morgan fingerprint density at radius 3 is 2.31 bits per heavy atom. The summed E-state index contributed by atoms with van der Waals surface area (Å²) in [4.78, 5) is 0. The van der Waals surface area contributed by atoms with Gasteiger partial charge in [-0.05, 0) is 25.2 Å². The molecule has 0 aliphatic heterocycles. The molecule has 0 spiro atoms. The molecule has 2 aliphatic carbocycles. The van der Waals surface area contributed by atoms with Crippen molar-refractivity contribution in [1.29, 1.82) is 0 Å². The average Bonchev–Trinajstić information content (AvgIpc) is 2.76. The Kier molecular flexibility index (Phi) is 1.52. The maximum Gasteiger partial charge on any atom is 0.272 e. The Hall–Kier alpha value is -0.390. The maximum absolute atomic E-state index is 11.1. The van der Waals surface area contributed by atoms with E-state index in [0.717, 1.165) is 0 Å². The van der Waals surface area contributed by atoms with Gasteiger partial charge in [-0.3, -0.25) is 4.55 Å². The third kappa shape index (κ3) is 0.949. The summed E-state index contributed by atoms with van der Waals surface area (Å²) in [5, 5.41) is 0. The molecule has 74 valence electrons. The lowest BCUT2D eigenvalue weighted by atomic mass is 10.1. The highest BCUT2D eigenvalue weighted by molar-refractivity contribution is 7.87. The molecule has 2 unspecified atom stereocenters. The Morgan fingerprint density at radius 2 is 2.08 bits per heavy atom. The van der Waals surface area contributed by atoms with Gasteiger partial charge in [0, 0.05) is 5.54 Å². The van der Waals surface area contributed by atoms with Crippen LogP contribution in [-0.2, 0) is 10.1 Å². The Labute approximate surface area is 77.6 Å². The van der Waals surface area contributed by atoms with Gasteiger partial charge < -0.3 is 5.73 Å². The highest BCUT2D eigenvalue weighted by atomic mass is 32.2. The van der Waals surface area contributed by atoms with Gasteiger partial charge in [-0.15, -0.1) is 6.58 Å². The van der Waals surface area contributed by atoms with E-state index in [1.807, 2.05) is 0 Å². The topological polar surface area (TPSA) is 80.4 Å². The molecular weight excluding hydrogens is 190 g/mol. The van der Waals surface area contributed by atoms with Crippen LogP contribution in [0.2, 0.25) is 0 Å². The van der Waals surface area contributed by atoms with Crippen LogP contribution in [-0.4, -0.2) is 23.3 Å². The van der Waals surface area contributed by atoms with Crippen molar-refractivity contribution in [3.8, 4) is 0 Å². The standard InChI is InChI=1S/C8H13NO3S/c1-2-6-5-8(6,9)7(3-4-7)13(10,11)12/h2,6H,1,3-5,9H2,(H,10,11,12). The second-order valence-corrected chi connectivity index (χ2v) is 5.79. The predicted octanol–water partition coefficient (Wildman–Crippen LogP) is 0.310. The molecule has 2 aliphatic rings. The first-order valence-corrected chi connectivity index (χ1v) is 5.70. The highest BCUT2D eigenvalue weighted by Gasteiger charge is 2.74. The van der Waals surface area contributed by atoms with E-state index in [1.165, 1.54) is 0 Å². The highest BCUT2D eigenvalue weighted by Crippen LogP contribution is 2.63. The SMILES string of the molecule is C=CC1CC1(N)C1(S(=O)(=O)O)CC1. The molecular formula is C8H13NO3S. The van der Waals surface area contributed by atoms with Crippen molar-refractivity contribution in [3.63, 3.8) is 0 Å². The van der Waals surface area contributed by atoms with E-state index in [1.54, 1.807) is 6.08 Å². The lowest BCUT2D eigenvalue weighted by molar-refractivity contribution is 0.436. The zero-order valence-electron chi connectivity index (χ0n) is 7.23. The van der Waals surface area contributed by atoms with Gasteiger partial charge in [-0.2, -0.15) is 8.42 Å². The first-order chi connectivity index (χ1) is 5.87. The summed E-state index contributed by atoms with van der Waals surface area (Å²) in [5.41, 5.74) is 5.17. The summed E-state index contributed by atoms with van der Waals surface area (Å²) >= 11 is 0. The molecule has 2 saturated carbocycles. The Bertz CT molecular complexity index is 358. The molecule has 0 saturated heterocycles. The number of nitrogens with two attached hydrogens (primary N) is 1. The van der Waals surface area contributed by atoms with Crippen LogP contribution in [0, 0.1) is 5.92 Å². The van der Waals surface area contributed by atoms with Crippen LogP contribution in [0.15, 0.2) is 12.7 Å². The van der Waals surface area contributed by atoms with E-state index in [-0.39, 0.29) is 5.92 Å². The van der Waals surface area contributed by atoms with Crippen LogP contribution in [0.4, 0.5) is 0 Å². The van der Waals surface area contributed by atoms with Crippen LogP contribution >= 0.6 is 0 Å². The van der Waals surface area contributed by atoms with Crippen molar-refractivity contribution < 1.29 is 13.0 Å². The van der Waals surface area contributed by atoms with Crippen LogP contribution < -0.4 is 5.73 Å². The van der Waals surface area contributed by atoms with Gasteiger partial charge in [-0.25, -0.2) is 0 Å². The maximum atomic E-state index is 11.1. The number of hydrogen-bond acceptors (Lipinski definition) is 3. The fraction of sp³-hybridized carbons (Fsp3) is 0.750. The quantitative estimate of drug-likeness (QED) is 0.511. The van der Waals surface area contributed by atoms with E-state index in [2.05, 4.69) is 6.58 Å². The molecule has 2 fully saturated rings. The van der Waals surface area contributed by atoms with Gasteiger partial charge in [-0.1, -0.05) is 6.08 Å². The van der Waals surface area contributed by atoms with E-state index in [0.29, 0.717) is 19.3 Å². The second-order valence-electron chi connectivity index (χ2n) is 4.06.